The number of aromatic nitrogens is 2. The van der Waals surface area contributed by atoms with Crippen LogP contribution in [0.3, 0.4) is 0 Å². The molecule has 0 atom stereocenters. The Morgan fingerprint density at radius 3 is 2.57 bits per heavy atom. The van der Waals surface area contributed by atoms with E-state index in [4.69, 9.17) is 9.47 Å². The number of imidazole rings is 1. The zero-order chi connectivity index (χ0) is 19.9. The standard InChI is InChI=1S/C21H19N3O4/c1-13-6-5-9-24-12-17(23-18(13)24)14-7-4-8-15(10-14)22-11-16-19(25)27-21(2,3)28-20(16)26/h4-12,22H,1-3H3. The summed E-state index contributed by atoms with van der Waals surface area (Å²) in [5.74, 6) is -2.70. The Hall–Kier alpha value is -3.61. The Labute approximate surface area is 161 Å². The molecular weight excluding hydrogens is 358 g/mol. The Morgan fingerprint density at radius 2 is 1.86 bits per heavy atom. The van der Waals surface area contributed by atoms with E-state index in [2.05, 4.69) is 10.3 Å². The highest BCUT2D eigenvalue weighted by atomic mass is 16.7. The summed E-state index contributed by atoms with van der Waals surface area (Å²) in [7, 11) is 0. The second-order valence-electron chi connectivity index (χ2n) is 7.01. The number of hydrogen-bond donors (Lipinski definition) is 1. The summed E-state index contributed by atoms with van der Waals surface area (Å²) in [6.45, 7) is 5.03. The highest BCUT2D eigenvalue weighted by Crippen LogP contribution is 2.25. The van der Waals surface area contributed by atoms with Crippen molar-refractivity contribution in [2.45, 2.75) is 26.6 Å². The molecule has 1 aliphatic heterocycles. The van der Waals surface area contributed by atoms with E-state index in [9.17, 15) is 9.59 Å². The number of cyclic esters (lactones) is 2. The van der Waals surface area contributed by atoms with E-state index < -0.39 is 17.7 Å². The maximum atomic E-state index is 12.0. The summed E-state index contributed by atoms with van der Waals surface area (Å²) >= 11 is 0. The maximum absolute atomic E-state index is 12.0. The summed E-state index contributed by atoms with van der Waals surface area (Å²) < 4.78 is 12.1. The number of fused-ring (bicyclic) bond motifs is 1. The largest absolute Gasteiger partial charge is 0.419 e. The molecule has 3 heterocycles. The van der Waals surface area contributed by atoms with E-state index in [0.29, 0.717) is 5.69 Å². The minimum absolute atomic E-state index is 0.187. The molecule has 4 rings (SSSR count). The summed E-state index contributed by atoms with van der Waals surface area (Å²) in [5, 5.41) is 2.96. The lowest BCUT2D eigenvalue weighted by Gasteiger charge is -2.29. The molecule has 3 aromatic rings. The molecular formula is C21H19N3O4. The molecule has 142 valence electrons. The number of hydrogen-bond acceptors (Lipinski definition) is 6. The van der Waals surface area contributed by atoms with Crippen molar-refractivity contribution < 1.29 is 19.1 Å². The van der Waals surface area contributed by atoms with Gasteiger partial charge in [0.25, 0.3) is 5.79 Å². The molecule has 7 nitrogen and oxygen atoms in total. The van der Waals surface area contributed by atoms with Gasteiger partial charge in [-0.05, 0) is 30.7 Å². The number of pyridine rings is 1. The molecule has 7 heteroatoms. The molecule has 1 saturated heterocycles. The van der Waals surface area contributed by atoms with Crippen molar-refractivity contribution >= 4 is 23.3 Å². The van der Waals surface area contributed by atoms with E-state index in [1.807, 2.05) is 60.1 Å². The Balaban J connectivity index is 1.60. The molecule has 0 spiro atoms. The quantitative estimate of drug-likeness (QED) is 0.428. The van der Waals surface area contributed by atoms with Crippen LogP contribution >= 0.6 is 0 Å². The summed E-state index contributed by atoms with van der Waals surface area (Å²) in [6.07, 6.45) is 5.21. The first-order chi connectivity index (χ1) is 13.3. The molecule has 2 aromatic heterocycles. The van der Waals surface area contributed by atoms with Crippen molar-refractivity contribution in [2.24, 2.45) is 0 Å². The lowest BCUT2D eigenvalue weighted by atomic mass is 10.1. The molecule has 0 bridgehead atoms. The van der Waals surface area contributed by atoms with Gasteiger partial charge in [-0.25, -0.2) is 14.6 Å². The molecule has 0 radical (unpaired) electrons. The number of benzene rings is 1. The lowest BCUT2D eigenvalue weighted by molar-refractivity contribution is -0.222. The number of nitrogens with one attached hydrogen (secondary N) is 1. The van der Waals surface area contributed by atoms with Gasteiger partial charge in [0.1, 0.15) is 5.65 Å². The molecule has 28 heavy (non-hydrogen) atoms. The van der Waals surface area contributed by atoms with Crippen LogP contribution in [0, 0.1) is 6.92 Å². The monoisotopic (exact) mass is 377 g/mol. The van der Waals surface area contributed by atoms with Gasteiger partial charge in [0, 0.05) is 43.7 Å². The van der Waals surface area contributed by atoms with Crippen molar-refractivity contribution in [3.05, 3.63) is 66.1 Å². The number of esters is 2. The molecule has 1 fully saturated rings. The molecule has 1 aliphatic rings. The number of nitrogens with zero attached hydrogens (tertiary/aromatic N) is 2. The van der Waals surface area contributed by atoms with Crippen LogP contribution in [0.2, 0.25) is 0 Å². The highest BCUT2D eigenvalue weighted by molar-refractivity contribution is 6.15. The van der Waals surface area contributed by atoms with E-state index in [0.717, 1.165) is 22.5 Å². The smallest absolute Gasteiger partial charge is 0.350 e. The van der Waals surface area contributed by atoms with Crippen LogP contribution in [0.1, 0.15) is 19.4 Å². The number of carbonyl (C=O) groups is 2. The van der Waals surface area contributed by atoms with Gasteiger partial charge < -0.3 is 19.2 Å². The Morgan fingerprint density at radius 1 is 1.11 bits per heavy atom. The van der Waals surface area contributed by atoms with Crippen LogP contribution < -0.4 is 5.32 Å². The Bertz CT molecular complexity index is 1110. The second kappa shape index (κ2) is 6.53. The van der Waals surface area contributed by atoms with E-state index in [1.165, 1.54) is 20.0 Å². The molecule has 1 aromatic carbocycles. The van der Waals surface area contributed by atoms with Crippen LogP contribution in [0.5, 0.6) is 0 Å². The first kappa shape index (κ1) is 17.8. The van der Waals surface area contributed by atoms with Gasteiger partial charge >= 0.3 is 11.9 Å². The average molecular weight is 377 g/mol. The molecule has 1 N–H and O–H groups in total. The lowest BCUT2D eigenvalue weighted by Crippen LogP contribution is -2.42. The summed E-state index contributed by atoms with van der Waals surface area (Å²) in [6, 6.07) is 11.5. The third kappa shape index (κ3) is 3.34. The van der Waals surface area contributed by atoms with Crippen molar-refractivity contribution in [3.63, 3.8) is 0 Å². The average Bonchev–Trinajstić information content (AvgIpc) is 3.06. The highest BCUT2D eigenvalue weighted by Gasteiger charge is 2.38. The van der Waals surface area contributed by atoms with Crippen LogP contribution in [-0.4, -0.2) is 27.1 Å². The van der Waals surface area contributed by atoms with Gasteiger partial charge in [-0.1, -0.05) is 18.2 Å². The third-order valence-corrected chi connectivity index (χ3v) is 4.34. The number of carbonyl (C=O) groups excluding carboxylic acids is 2. The van der Waals surface area contributed by atoms with Gasteiger partial charge in [-0.15, -0.1) is 0 Å². The first-order valence-electron chi connectivity index (χ1n) is 8.80. The van der Waals surface area contributed by atoms with E-state index in [1.54, 1.807) is 0 Å². The fourth-order valence-corrected chi connectivity index (χ4v) is 3.00. The molecule has 0 unspecified atom stereocenters. The zero-order valence-corrected chi connectivity index (χ0v) is 15.7. The summed E-state index contributed by atoms with van der Waals surface area (Å²) in [4.78, 5) is 28.7. The van der Waals surface area contributed by atoms with Crippen molar-refractivity contribution in [1.29, 1.82) is 0 Å². The van der Waals surface area contributed by atoms with E-state index >= 15 is 0 Å². The molecule has 0 amide bonds. The van der Waals surface area contributed by atoms with Crippen LogP contribution in [0.15, 0.2) is 60.6 Å². The first-order valence-corrected chi connectivity index (χ1v) is 8.80. The van der Waals surface area contributed by atoms with Crippen LogP contribution in [0.4, 0.5) is 5.69 Å². The van der Waals surface area contributed by atoms with Gasteiger partial charge in [0.2, 0.25) is 0 Å². The van der Waals surface area contributed by atoms with Gasteiger partial charge in [0.15, 0.2) is 5.57 Å². The predicted molar refractivity (Wildman–Crippen MR) is 103 cm³/mol. The van der Waals surface area contributed by atoms with Gasteiger partial charge in [0.05, 0.1) is 5.69 Å². The van der Waals surface area contributed by atoms with Crippen molar-refractivity contribution in [2.75, 3.05) is 5.32 Å². The van der Waals surface area contributed by atoms with Crippen molar-refractivity contribution in [3.8, 4) is 11.3 Å². The Kier molecular flexibility index (Phi) is 4.15. The number of anilines is 1. The minimum atomic E-state index is -1.26. The third-order valence-electron chi connectivity index (χ3n) is 4.34. The molecule has 0 aliphatic carbocycles. The normalized spacial score (nSPS) is 15.9. The number of ether oxygens (including phenoxy) is 2. The van der Waals surface area contributed by atoms with Gasteiger partial charge in [-0.2, -0.15) is 0 Å². The van der Waals surface area contributed by atoms with E-state index in [-0.39, 0.29) is 5.57 Å². The number of rotatable bonds is 3. The zero-order valence-electron chi connectivity index (χ0n) is 15.7. The fraction of sp³-hybridized carbons (Fsp3) is 0.190. The van der Waals surface area contributed by atoms with Crippen molar-refractivity contribution in [1.82, 2.24) is 9.38 Å². The SMILES string of the molecule is Cc1cccn2cc(-c3cccc(NC=C4C(=O)OC(C)(C)OC4=O)c3)nc12. The van der Waals surface area contributed by atoms with Crippen LogP contribution in [0.25, 0.3) is 16.9 Å². The second-order valence-corrected chi connectivity index (χ2v) is 7.01. The van der Waals surface area contributed by atoms with Crippen LogP contribution in [-0.2, 0) is 19.1 Å². The topological polar surface area (TPSA) is 81.9 Å². The summed E-state index contributed by atoms with van der Waals surface area (Å²) in [5.41, 5.74) is 4.22. The minimum Gasteiger partial charge on any atom is -0.419 e. The number of aryl methyl sites for hydroxylation is 1. The molecule has 0 saturated carbocycles. The van der Waals surface area contributed by atoms with Gasteiger partial charge in [-0.3, -0.25) is 0 Å². The predicted octanol–water partition coefficient (Wildman–Crippen LogP) is 3.44. The maximum Gasteiger partial charge on any atom is 0.350 e. The fourth-order valence-electron chi connectivity index (χ4n) is 3.00.